The fourth-order valence-electron chi connectivity index (χ4n) is 5.90. The second-order valence-electron chi connectivity index (χ2n) is 11.3. The van der Waals surface area contributed by atoms with Crippen molar-refractivity contribution in [2.24, 2.45) is 5.41 Å². The van der Waals surface area contributed by atoms with Crippen molar-refractivity contribution in [2.45, 2.75) is 38.5 Å². The Balaban J connectivity index is 1.27. The number of hydrogen-bond donors (Lipinski definition) is 1. The first kappa shape index (κ1) is 27.5. The van der Waals surface area contributed by atoms with Crippen LogP contribution in [0, 0.1) is 16.7 Å². The van der Waals surface area contributed by atoms with Crippen molar-refractivity contribution in [1.82, 2.24) is 19.3 Å². The molecule has 0 aliphatic carbocycles. The molecule has 0 spiro atoms. The highest BCUT2D eigenvalue weighted by Gasteiger charge is 2.33. The molecule has 2 N–H and O–H groups in total. The number of rotatable bonds is 6. The van der Waals surface area contributed by atoms with Crippen LogP contribution in [0.1, 0.15) is 44.3 Å². The van der Waals surface area contributed by atoms with E-state index in [0.717, 1.165) is 59.8 Å². The molecule has 2 fully saturated rings. The van der Waals surface area contributed by atoms with Gasteiger partial charge in [-0.3, -0.25) is 9.20 Å². The number of benzene rings is 2. The van der Waals surface area contributed by atoms with Crippen LogP contribution < -0.4 is 10.5 Å². The largest absolute Gasteiger partial charge is 0.457 e. The zero-order valence-electron chi connectivity index (χ0n) is 23.7. The summed E-state index contributed by atoms with van der Waals surface area (Å²) < 4.78 is 13.4. The third-order valence-electron chi connectivity index (χ3n) is 8.27. The first-order valence-corrected chi connectivity index (χ1v) is 14.4. The number of nitriles is 1. The number of hydrogen-bond acceptors (Lipinski definition) is 7. The third kappa shape index (κ3) is 5.58. The van der Waals surface area contributed by atoms with Crippen LogP contribution in [0.2, 0.25) is 0 Å². The second kappa shape index (κ2) is 11.7. The van der Waals surface area contributed by atoms with Crippen molar-refractivity contribution in [1.29, 1.82) is 5.26 Å². The predicted molar refractivity (Wildman–Crippen MR) is 160 cm³/mol. The van der Waals surface area contributed by atoms with Crippen molar-refractivity contribution >= 4 is 17.2 Å². The zero-order chi connectivity index (χ0) is 29.1. The molecule has 0 unspecified atom stereocenters. The lowest BCUT2D eigenvalue weighted by Crippen LogP contribution is -2.40. The van der Waals surface area contributed by atoms with Gasteiger partial charge in [0.15, 0.2) is 0 Å². The number of para-hydroxylation sites is 1. The van der Waals surface area contributed by atoms with Gasteiger partial charge in [0.2, 0.25) is 0 Å². The Morgan fingerprint density at radius 2 is 1.88 bits per heavy atom. The van der Waals surface area contributed by atoms with Crippen LogP contribution in [0.3, 0.4) is 0 Å². The minimum absolute atomic E-state index is 0.0231. The summed E-state index contributed by atoms with van der Waals surface area (Å²) in [5.74, 6) is 2.46. The summed E-state index contributed by atoms with van der Waals surface area (Å²) in [6, 6.07) is 19.6. The Morgan fingerprint density at radius 3 is 2.62 bits per heavy atom. The maximum absolute atomic E-state index is 13.6. The van der Waals surface area contributed by atoms with Gasteiger partial charge in [-0.05, 0) is 67.5 Å². The lowest BCUT2D eigenvalue weighted by molar-refractivity contribution is -0.128. The van der Waals surface area contributed by atoms with Gasteiger partial charge in [-0.2, -0.15) is 5.26 Å². The van der Waals surface area contributed by atoms with Gasteiger partial charge in [-0.15, -0.1) is 0 Å². The van der Waals surface area contributed by atoms with E-state index in [1.54, 1.807) is 11.1 Å². The summed E-state index contributed by atoms with van der Waals surface area (Å²) in [7, 11) is 0. The molecular weight excluding hydrogens is 528 g/mol. The van der Waals surface area contributed by atoms with Crippen molar-refractivity contribution in [3.05, 3.63) is 84.5 Å². The summed E-state index contributed by atoms with van der Waals surface area (Å²) in [5, 5.41) is 9.92. The van der Waals surface area contributed by atoms with E-state index in [9.17, 15) is 10.1 Å². The molecule has 9 heteroatoms. The van der Waals surface area contributed by atoms with Gasteiger partial charge >= 0.3 is 0 Å². The van der Waals surface area contributed by atoms with Crippen LogP contribution in [0.15, 0.2) is 78.6 Å². The molecule has 0 radical (unpaired) electrons. The number of anilines is 1. The van der Waals surface area contributed by atoms with E-state index in [4.69, 9.17) is 20.2 Å². The summed E-state index contributed by atoms with van der Waals surface area (Å²) in [5.41, 5.74) is 8.74. The summed E-state index contributed by atoms with van der Waals surface area (Å²) in [6.07, 6.45) is 8.69. The van der Waals surface area contributed by atoms with Gasteiger partial charge in [0.25, 0.3) is 5.91 Å². The van der Waals surface area contributed by atoms with Gasteiger partial charge in [0, 0.05) is 50.2 Å². The van der Waals surface area contributed by atoms with Gasteiger partial charge in [0.05, 0.1) is 0 Å². The molecule has 2 aliphatic heterocycles. The number of amides is 1. The fourth-order valence-corrected chi connectivity index (χ4v) is 5.90. The Hall–Kier alpha value is -4.68. The minimum Gasteiger partial charge on any atom is -0.457 e. The van der Waals surface area contributed by atoms with E-state index < -0.39 is 0 Å². The number of piperidine rings is 1. The van der Waals surface area contributed by atoms with Gasteiger partial charge in [-0.25, -0.2) is 9.97 Å². The highest BCUT2D eigenvalue weighted by molar-refractivity contribution is 5.97. The summed E-state index contributed by atoms with van der Waals surface area (Å²) >= 11 is 0. The number of nitrogen functional groups attached to an aromatic ring is 1. The van der Waals surface area contributed by atoms with Crippen molar-refractivity contribution in [2.75, 3.05) is 32.0 Å². The molecule has 0 bridgehead atoms. The zero-order valence-corrected chi connectivity index (χ0v) is 23.7. The maximum atomic E-state index is 13.6. The lowest BCUT2D eigenvalue weighted by Gasteiger charge is -2.34. The Morgan fingerprint density at radius 1 is 1.14 bits per heavy atom. The number of aromatic nitrogens is 3. The van der Waals surface area contributed by atoms with Gasteiger partial charge in [-0.1, -0.05) is 31.2 Å². The Bertz CT molecular complexity index is 1650. The van der Waals surface area contributed by atoms with Gasteiger partial charge in [0.1, 0.15) is 46.0 Å². The number of carbonyl (C=O) groups is 1. The number of likely N-dealkylation sites (tertiary alicyclic amines) is 1. The standard InChI is InChI=1S/C33H34N6O3/c1-33(13-18-41-19-14-33)20-25(21-34)32(40)38-16-5-6-24(22-38)31-37-28(29-30(35)36-15-17-39(29)31)23-9-11-27(12-10-23)42-26-7-3-2-4-8-26/h2-4,7-12,15,17,20,24H,5-6,13-14,16,18-19,22H2,1H3,(H2,35,36)/b25-20+/t24-/m1/s1. The molecular formula is C33H34N6O3. The number of carbonyl (C=O) groups excluding carboxylic acids is 1. The molecule has 4 aromatic rings. The second-order valence-corrected chi connectivity index (χ2v) is 11.3. The van der Waals surface area contributed by atoms with E-state index in [2.05, 4.69) is 18.0 Å². The van der Waals surface area contributed by atoms with Crippen LogP contribution in [-0.4, -0.2) is 51.5 Å². The smallest absolute Gasteiger partial charge is 0.264 e. The molecule has 6 rings (SSSR count). The van der Waals surface area contributed by atoms with Crippen molar-refractivity contribution in [3.63, 3.8) is 0 Å². The molecule has 2 aromatic heterocycles. The molecule has 2 aromatic carbocycles. The summed E-state index contributed by atoms with van der Waals surface area (Å²) in [4.78, 5) is 24.8. The van der Waals surface area contributed by atoms with E-state index >= 15 is 0 Å². The molecule has 2 aliphatic rings. The number of ether oxygens (including phenoxy) is 2. The van der Waals surface area contributed by atoms with Crippen LogP contribution >= 0.6 is 0 Å². The number of allylic oxidation sites excluding steroid dienone is 1. The fraction of sp³-hybridized carbons (Fsp3) is 0.333. The molecule has 4 heterocycles. The first-order chi connectivity index (χ1) is 20.4. The monoisotopic (exact) mass is 562 g/mol. The van der Waals surface area contributed by atoms with E-state index in [1.165, 1.54) is 0 Å². The van der Waals surface area contributed by atoms with E-state index in [-0.39, 0.29) is 22.8 Å². The number of nitrogens with two attached hydrogens (primary N) is 1. The summed E-state index contributed by atoms with van der Waals surface area (Å²) in [6.45, 7) is 4.46. The quantitative estimate of drug-likeness (QED) is 0.235. The normalized spacial score (nSPS) is 18.9. The number of nitrogens with zero attached hydrogens (tertiary/aromatic N) is 5. The maximum Gasteiger partial charge on any atom is 0.264 e. The molecule has 9 nitrogen and oxygen atoms in total. The van der Waals surface area contributed by atoms with Crippen LogP contribution in [-0.2, 0) is 9.53 Å². The first-order valence-electron chi connectivity index (χ1n) is 14.4. The average Bonchev–Trinajstić information content (AvgIpc) is 3.42. The molecule has 214 valence electrons. The molecule has 42 heavy (non-hydrogen) atoms. The topological polar surface area (TPSA) is 119 Å². The van der Waals surface area contributed by atoms with E-state index in [1.807, 2.05) is 71.3 Å². The van der Waals surface area contributed by atoms with Gasteiger partial charge < -0.3 is 20.1 Å². The Kier molecular flexibility index (Phi) is 7.64. The number of imidazole rings is 1. The molecule has 1 amide bonds. The van der Waals surface area contributed by atoms with Crippen molar-refractivity contribution < 1.29 is 14.3 Å². The van der Waals surface area contributed by atoms with Crippen LogP contribution in [0.5, 0.6) is 11.5 Å². The predicted octanol–water partition coefficient (Wildman–Crippen LogP) is 5.74. The van der Waals surface area contributed by atoms with Crippen molar-refractivity contribution in [3.8, 4) is 28.8 Å². The SMILES string of the molecule is CC1(/C=C(\C#N)C(=O)N2CCC[C@@H](c3nc(-c4ccc(Oc5ccccc5)cc4)c4c(N)nccn34)C2)CCOCC1. The lowest BCUT2D eigenvalue weighted by atomic mass is 9.80. The molecule has 0 saturated carbocycles. The third-order valence-corrected chi connectivity index (χ3v) is 8.27. The van der Waals surface area contributed by atoms with Crippen LogP contribution in [0.4, 0.5) is 5.82 Å². The highest BCUT2D eigenvalue weighted by atomic mass is 16.5. The minimum atomic E-state index is -0.216. The molecule has 2 saturated heterocycles. The molecule has 1 atom stereocenters. The Labute approximate surface area is 245 Å². The number of fused-ring (bicyclic) bond motifs is 1. The highest BCUT2D eigenvalue weighted by Crippen LogP contribution is 2.36. The van der Waals surface area contributed by atoms with E-state index in [0.29, 0.717) is 32.1 Å². The van der Waals surface area contributed by atoms with Crippen LogP contribution in [0.25, 0.3) is 16.8 Å². The average molecular weight is 563 g/mol.